The van der Waals surface area contributed by atoms with Crippen LogP contribution in [0.1, 0.15) is 18.1 Å². The highest BCUT2D eigenvalue weighted by Crippen LogP contribution is 2.11. The molecule has 0 radical (unpaired) electrons. The molecule has 2 N–H and O–H groups in total. The van der Waals surface area contributed by atoms with Crippen molar-refractivity contribution in [1.29, 1.82) is 0 Å². The predicted molar refractivity (Wildman–Crippen MR) is 80.4 cm³/mol. The summed E-state index contributed by atoms with van der Waals surface area (Å²) >= 11 is 0. The molecule has 0 saturated heterocycles. The van der Waals surface area contributed by atoms with Gasteiger partial charge in [0, 0.05) is 31.2 Å². The number of hydrogen-bond donors (Lipinski definition) is 2. The van der Waals surface area contributed by atoms with Gasteiger partial charge in [-0.05, 0) is 42.3 Å². The van der Waals surface area contributed by atoms with E-state index in [0.717, 1.165) is 17.8 Å². The van der Waals surface area contributed by atoms with Gasteiger partial charge in [-0.3, -0.25) is 9.78 Å². The van der Waals surface area contributed by atoms with Gasteiger partial charge in [0.25, 0.3) is 0 Å². The van der Waals surface area contributed by atoms with Gasteiger partial charge in [0.2, 0.25) is 5.91 Å². The van der Waals surface area contributed by atoms with Crippen LogP contribution < -0.4 is 10.6 Å². The number of likely N-dealkylation sites (N-methyl/N-ethyl adjacent to an activating group) is 1. The monoisotopic (exact) mass is 269 g/mol. The number of pyridine rings is 1. The number of nitrogens with one attached hydrogen (secondary N) is 2. The number of anilines is 1. The van der Waals surface area contributed by atoms with Crippen molar-refractivity contribution in [3.63, 3.8) is 0 Å². The van der Waals surface area contributed by atoms with Crippen molar-refractivity contribution in [2.45, 2.75) is 19.9 Å². The average molecular weight is 269 g/mol. The van der Waals surface area contributed by atoms with E-state index < -0.39 is 0 Å². The van der Waals surface area contributed by atoms with E-state index in [4.69, 9.17) is 0 Å². The molecule has 0 unspecified atom stereocenters. The molecule has 4 heteroatoms. The van der Waals surface area contributed by atoms with Gasteiger partial charge in [-0.2, -0.15) is 0 Å². The summed E-state index contributed by atoms with van der Waals surface area (Å²) in [6.45, 7) is 3.35. The van der Waals surface area contributed by atoms with E-state index in [1.165, 1.54) is 5.56 Å². The topological polar surface area (TPSA) is 54.0 Å². The van der Waals surface area contributed by atoms with Gasteiger partial charge >= 0.3 is 0 Å². The molecule has 0 saturated carbocycles. The molecule has 0 bridgehead atoms. The Morgan fingerprint density at radius 1 is 1.05 bits per heavy atom. The SMILES string of the molecule is CCNC(=O)Cc1ccc(NCc2ccncc2)cc1. The lowest BCUT2D eigenvalue weighted by molar-refractivity contribution is -0.120. The van der Waals surface area contributed by atoms with Gasteiger partial charge in [0.05, 0.1) is 6.42 Å². The number of carbonyl (C=O) groups excluding carboxylic acids is 1. The van der Waals surface area contributed by atoms with Crippen molar-refractivity contribution in [3.8, 4) is 0 Å². The molecule has 4 nitrogen and oxygen atoms in total. The van der Waals surface area contributed by atoms with Crippen LogP contribution in [0, 0.1) is 0 Å². The second kappa shape index (κ2) is 7.28. The summed E-state index contributed by atoms with van der Waals surface area (Å²) in [5, 5.41) is 6.13. The highest BCUT2D eigenvalue weighted by molar-refractivity contribution is 5.78. The molecule has 0 aliphatic carbocycles. The lowest BCUT2D eigenvalue weighted by Crippen LogP contribution is -2.24. The molecule has 104 valence electrons. The largest absolute Gasteiger partial charge is 0.381 e. The Hall–Kier alpha value is -2.36. The molecule has 1 amide bonds. The summed E-state index contributed by atoms with van der Waals surface area (Å²) in [5.41, 5.74) is 3.25. The van der Waals surface area contributed by atoms with Crippen LogP contribution in [0.5, 0.6) is 0 Å². The Morgan fingerprint density at radius 2 is 1.75 bits per heavy atom. The smallest absolute Gasteiger partial charge is 0.224 e. The fraction of sp³-hybridized carbons (Fsp3) is 0.250. The summed E-state index contributed by atoms with van der Waals surface area (Å²) in [4.78, 5) is 15.5. The zero-order valence-corrected chi connectivity index (χ0v) is 11.6. The van der Waals surface area contributed by atoms with Crippen LogP contribution in [0.3, 0.4) is 0 Å². The van der Waals surface area contributed by atoms with Gasteiger partial charge in [-0.1, -0.05) is 12.1 Å². The minimum absolute atomic E-state index is 0.0602. The van der Waals surface area contributed by atoms with Crippen molar-refractivity contribution >= 4 is 11.6 Å². The average Bonchev–Trinajstić information content (AvgIpc) is 2.48. The maximum Gasteiger partial charge on any atom is 0.224 e. The highest BCUT2D eigenvalue weighted by atomic mass is 16.1. The third-order valence-corrected chi connectivity index (χ3v) is 2.94. The first-order chi connectivity index (χ1) is 9.78. The van der Waals surface area contributed by atoms with Gasteiger partial charge in [-0.25, -0.2) is 0 Å². The van der Waals surface area contributed by atoms with Gasteiger partial charge < -0.3 is 10.6 Å². The van der Waals surface area contributed by atoms with Crippen LogP contribution in [0.4, 0.5) is 5.69 Å². The van der Waals surface area contributed by atoms with Crippen molar-refractivity contribution in [2.75, 3.05) is 11.9 Å². The van der Waals surface area contributed by atoms with Gasteiger partial charge in [0.1, 0.15) is 0 Å². The normalized spacial score (nSPS) is 10.1. The molecule has 0 aliphatic heterocycles. The molecular formula is C16H19N3O. The van der Waals surface area contributed by atoms with E-state index in [0.29, 0.717) is 13.0 Å². The number of amides is 1. The maximum absolute atomic E-state index is 11.5. The summed E-state index contributed by atoms with van der Waals surface area (Å²) in [6, 6.07) is 11.9. The number of carbonyl (C=O) groups is 1. The highest BCUT2D eigenvalue weighted by Gasteiger charge is 2.01. The maximum atomic E-state index is 11.5. The van der Waals surface area contributed by atoms with Gasteiger partial charge in [0.15, 0.2) is 0 Å². The van der Waals surface area contributed by atoms with Crippen molar-refractivity contribution < 1.29 is 4.79 Å². The van der Waals surface area contributed by atoms with E-state index in [9.17, 15) is 4.79 Å². The Balaban J connectivity index is 1.87. The molecule has 1 heterocycles. The Kier molecular flexibility index (Phi) is 5.12. The first-order valence-corrected chi connectivity index (χ1v) is 6.76. The molecule has 0 aliphatic rings. The summed E-state index contributed by atoms with van der Waals surface area (Å²) in [7, 11) is 0. The Bertz CT molecular complexity index is 537. The van der Waals surface area contributed by atoms with Crippen LogP contribution in [0.2, 0.25) is 0 Å². The van der Waals surface area contributed by atoms with Crippen molar-refractivity contribution in [3.05, 3.63) is 59.9 Å². The van der Waals surface area contributed by atoms with E-state index >= 15 is 0 Å². The lowest BCUT2D eigenvalue weighted by Gasteiger charge is -2.07. The molecular weight excluding hydrogens is 250 g/mol. The second-order valence-corrected chi connectivity index (χ2v) is 4.54. The minimum Gasteiger partial charge on any atom is -0.381 e. The van der Waals surface area contributed by atoms with Crippen molar-refractivity contribution in [2.24, 2.45) is 0 Å². The number of benzene rings is 1. The molecule has 0 spiro atoms. The minimum atomic E-state index is 0.0602. The van der Waals surface area contributed by atoms with E-state index in [1.807, 2.05) is 43.3 Å². The fourth-order valence-corrected chi connectivity index (χ4v) is 1.89. The molecule has 20 heavy (non-hydrogen) atoms. The molecule has 1 aromatic carbocycles. The third-order valence-electron chi connectivity index (χ3n) is 2.94. The molecule has 0 fully saturated rings. The van der Waals surface area contributed by atoms with Crippen LogP contribution in [-0.4, -0.2) is 17.4 Å². The Morgan fingerprint density at radius 3 is 2.40 bits per heavy atom. The predicted octanol–water partition coefficient (Wildman–Crippen LogP) is 2.37. The summed E-state index contributed by atoms with van der Waals surface area (Å²) in [5.74, 6) is 0.0602. The fourth-order valence-electron chi connectivity index (χ4n) is 1.89. The third kappa shape index (κ3) is 4.39. The Labute approximate surface area is 119 Å². The molecule has 2 rings (SSSR count). The van der Waals surface area contributed by atoms with Crippen molar-refractivity contribution in [1.82, 2.24) is 10.3 Å². The van der Waals surface area contributed by atoms with Crippen LogP contribution in [0.25, 0.3) is 0 Å². The summed E-state index contributed by atoms with van der Waals surface area (Å²) < 4.78 is 0. The number of nitrogens with zero attached hydrogens (tertiary/aromatic N) is 1. The summed E-state index contributed by atoms with van der Waals surface area (Å²) in [6.07, 6.45) is 4.00. The molecule has 2 aromatic rings. The molecule has 1 aromatic heterocycles. The zero-order valence-electron chi connectivity index (χ0n) is 11.6. The van der Waals surface area contributed by atoms with Crippen LogP contribution >= 0.6 is 0 Å². The number of hydrogen-bond acceptors (Lipinski definition) is 3. The second-order valence-electron chi connectivity index (χ2n) is 4.54. The number of aromatic nitrogens is 1. The first-order valence-electron chi connectivity index (χ1n) is 6.76. The van der Waals surface area contributed by atoms with E-state index in [1.54, 1.807) is 12.4 Å². The standard InChI is InChI=1S/C16H19N3O/c1-2-18-16(20)11-13-3-5-15(6-4-13)19-12-14-7-9-17-10-8-14/h3-10,19H,2,11-12H2,1H3,(H,18,20). The first kappa shape index (κ1) is 14.1. The van der Waals surface area contributed by atoms with E-state index in [2.05, 4.69) is 15.6 Å². The van der Waals surface area contributed by atoms with Crippen LogP contribution in [0.15, 0.2) is 48.8 Å². The van der Waals surface area contributed by atoms with Gasteiger partial charge in [-0.15, -0.1) is 0 Å². The quantitative estimate of drug-likeness (QED) is 0.846. The van der Waals surface area contributed by atoms with Crippen LogP contribution in [-0.2, 0) is 17.8 Å². The van der Waals surface area contributed by atoms with E-state index in [-0.39, 0.29) is 5.91 Å². The molecule has 0 atom stereocenters. The lowest BCUT2D eigenvalue weighted by atomic mass is 10.1. The zero-order chi connectivity index (χ0) is 14.2. The number of rotatable bonds is 6.